The molecule has 0 N–H and O–H groups in total. The minimum Gasteiger partial charge on any atom is -0.497 e. The summed E-state index contributed by atoms with van der Waals surface area (Å²) in [5, 5.41) is 0.181. The zero-order valence-corrected chi connectivity index (χ0v) is 19.6. The molecule has 7 nitrogen and oxygen atoms in total. The lowest BCUT2D eigenvalue weighted by molar-refractivity contribution is -0.134. The number of amidine groups is 1. The summed E-state index contributed by atoms with van der Waals surface area (Å²) in [6.07, 6.45) is 2.39. The van der Waals surface area contributed by atoms with Gasteiger partial charge < -0.3 is 14.4 Å². The Morgan fingerprint density at radius 1 is 1.15 bits per heavy atom. The Bertz CT molecular complexity index is 1050. The third-order valence-electron chi connectivity index (χ3n) is 5.48. The van der Waals surface area contributed by atoms with Gasteiger partial charge >= 0.3 is 0 Å². The van der Waals surface area contributed by atoms with Crippen LogP contribution in [0.2, 0.25) is 0 Å². The molecule has 2 aliphatic rings. The van der Waals surface area contributed by atoms with E-state index >= 15 is 0 Å². The molecule has 0 aromatic heterocycles. The molecule has 0 bridgehead atoms. The quantitative estimate of drug-likeness (QED) is 0.607. The van der Waals surface area contributed by atoms with Crippen molar-refractivity contribution in [1.29, 1.82) is 0 Å². The number of amides is 2. The van der Waals surface area contributed by atoms with Gasteiger partial charge in [0.25, 0.3) is 5.91 Å². The summed E-state index contributed by atoms with van der Waals surface area (Å²) in [7, 11) is 1.61. The summed E-state index contributed by atoms with van der Waals surface area (Å²) in [4.78, 5) is 34.6. The van der Waals surface area contributed by atoms with Crippen LogP contribution in [-0.2, 0) is 14.3 Å². The van der Waals surface area contributed by atoms with Gasteiger partial charge in [0.1, 0.15) is 11.4 Å². The molecule has 0 aliphatic carbocycles. The van der Waals surface area contributed by atoms with Crippen LogP contribution in [0.3, 0.4) is 0 Å². The number of benzene rings is 2. The number of morpholine rings is 1. The predicted molar refractivity (Wildman–Crippen MR) is 131 cm³/mol. The maximum atomic E-state index is 13.4. The Morgan fingerprint density at radius 3 is 2.48 bits per heavy atom. The first-order chi connectivity index (χ1) is 16.1. The molecule has 1 saturated heterocycles. The number of thioether (sulfide) groups is 1. The van der Waals surface area contributed by atoms with E-state index < -0.39 is 0 Å². The second kappa shape index (κ2) is 10.7. The number of aliphatic imine (C=N–C) groups is 1. The van der Waals surface area contributed by atoms with E-state index in [2.05, 4.69) is 4.99 Å². The molecule has 0 radical (unpaired) electrons. The Labute approximate surface area is 198 Å². The first kappa shape index (κ1) is 23.1. The van der Waals surface area contributed by atoms with E-state index in [1.807, 2.05) is 66.4 Å². The van der Waals surface area contributed by atoms with Gasteiger partial charge in [-0.25, -0.2) is 4.99 Å². The van der Waals surface area contributed by atoms with Crippen LogP contribution >= 0.6 is 11.8 Å². The molecule has 0 saturated carbocycles. The maximum absolute atomic E-state index is 13.4. The standard InChI is InChI=1S/C25H27N3O4S/c1-3-22(24(30)27-13-15-32-16-14-27)33-25-26-21(17-18-9-11-20(31-2)12-10-18)23(29)28(25)19-7-5-4-6-8-19/h4-12,17,22H,3,13-16H2,1-2H3/b21-17-/t22-/m1/s1. The van der Waals surface area contributed by atoms with Crippen LogP contribution < -0.4 is 9.64 Å². The summed E-state index contributed by atoms with van der Waals surface area (Å²) < 4.78 is 10.6. The average Bonchev–Trinajstić information content (AvgIpc) is 3.17. The summed E-state index contributed by atoms with van der Waals surface area (Å²) in [6.45, 7) is 4.27. The van der Waals surface area contributed by atoms with E-state index in [0.29, 0.717) is 43.6 Å². The summed E-state index contributed by atoms with van der Waals surface area (Å²) in [6, 6.07) is 16.8. The Morgan fingerprint density at radius 2 is 1.85 bits per heavy atom. The van der Waals surface area contributed by atoms with Crippen LogP contribution in [0, 0.1) is 0 Å². The van der Waals surface area contributed by atoms with Crippen LogP contribution in [-0.4, -0.2) is 60.5 Å². The number of carbonyl (C=O) groups excluding carboxylic acids is 2. The number of hydrogen-bond donors (Lipinski definition) is 0. The molecule has 0 unspecified atom stereocenters. The Hall–Kier alpha value is -3.10. The number of hydrogen-bond acceptors (Lipinski definition) is 6. The molecule has 2 heterocycles. The second-order valence-corrected chi connectivity index (χ2v) is 8.80. The van der Waals surface area contributed by atoms with Gasteiger partial charge in [-0.05, 0) is 42.3 Å². The molecule has 172 valence electrons. The van der Waals surface area contributed by atoms with Crippen LogP contribution in [0.25, 0.3) is 6.08 Å². The fourth-order valence-corrected chi connectivity index (χ4v) is 4.78. The van der Waals surface area contributed by atoms with Gasteiger partial charge in [0.15, 0.2) is 5.17 Å². The van der Waals surface area contributed by atoms with Crippen LogP contribution in [0.5, 0.6) is 5.75 Å². The third kappa shape index (κ3) is 5.29. The van der Waals surface area contributed by atoms with E-state index in [4.69, 9.17) is 9.47 Å². The number of carbonyl (C=O) groups is 2. The molecular weight excluding hydrogens is 438 g/mol. The molecule has 2 amide bonds. The highest BCUT2D eigenvalue weighted by Crippen LogP contribution is 2.32. The zero-order chi connectivity index (χ0) is 23.2. The molecule has 2 aromatic rings. The van der Waals surface area contributed by atoms with Crippen LogP contribution in [0.1, 0.15) is 18.9 Å². The first-order valence-electron chi connectivity index (χ1n) is 11.0. The van der Waals surface area contributed by atoms with Gasteiger partial charge in [-0.15, -0.1) is 0 Å². The minimum atomic E-state index is -0.332. The molecule has 1 fully saturated rings. The van der Waals surface area contributed by atoms with Crippen molar-refractivity contribution in [3.05, 3.63) is 65.9 Å². The van der Waals surface area contributed by atoms with Crippen molar-refractivity contribution < 1.29 is 19.1 Å². The molecule has 33 heavy (non-hydrogen) atoms. The first-order valence-corrected chi connectivity index (χ1v) is 11.9. The van der Waals surface area contributed by atoms with Gasteiger partial charge in [-0.3, -0.25) is 14.5 Å². The molecule has 1 atom stereocenters. The van der Waals surface area contributed by atoms with Gasteiger partial charge in [-0.2, -0.15) is 0 Å². The van der Waals surface area contributed by atoms with Gasteiger partial charge in [0, 0.05) is 13.1 Å². The number of methoxy groups -OCH3 is 1. The predicted octanol–water partition coefficient (Wildman–Crippen LogP) is 3.81. The highest BCUT2D eigenvalue weighted by Gasteiger charge is 2.36. The molecular formula is C25H27N3O4S. The Kier molecular flexibility index (Phi) is 7.47. The van der Waals surface area contributed by atoms with Crippen LogP contribution in [0.15, 0.2) is 65.3 Å². The maximum Gasteiger partial charge on any atom is 0.283 e. The van der Waals surface area contributed by atoms with Crippen molar-refractivity contribution in [2.45, 2.75) is 18.6 Å². The second-order valence-electron chi connectivity index (χ2n) is 7.63. The van der Waals surface area contributed by atoms with Crippen molar-refractivity contribution in [3.63, 3.8) is 0 Å². The number of ether oxygens (including phenoxy) is 2. The fourth-order valence-electron chi connectivity index (χ4n) is 3.66. The highest BCUT2D eigenvalue weighted by atomic mass is 32.2. The van der Waals surface area contributed by atoms with Crippen molar-refractivity contribution >= 4 is 40.5 Å². The molecule has 2 aromatic carbocycles. The van der Waals surface area contributed by atoms with Gasteiger partial charge in [-0.1, -0.05) is 49.0 Å². The topological polar surface area (TPSA) is 71.4 Å². The fraction of sp³-hybridized carbons (Fsp3) is 0.320. The van der Waals surface area contributed by atoms with Gasteiger partial charge in [0.05, 0.1) is 31.3 Å². The van der Waals surface area contributed by atoms with Crippen molar-refractivity contribution in [2.75, 3.05) is 38.3 Å². The summed E-state index contributed by atoms with van der Waals surface area (Å²) in [5.74, 6) is 0.586. The van der Waals surface area contributed by atoms with E-state index in [1.54, 1.807) is 18.1 Å². The SMILES string of the molecule is CC[C@@H](SC1=N/C(=C\c2ccc(OC)cc2)C(=O)N1c1ccccc1)C(=O)N1CCOCC1. The highest BCUT2D eigenvalue weighted by molar-refractivity contribution is 8.15. The van der Waals surface area contributed by atoms with E-state index in [9.17, 15) is 9.59 Å². The monoisotopic (exact) mass is 465 g/mol. The van der Waals surface area contributed by atoms with Gasteiger partial charge in [0.2, 0.25) is 5.91 Å². The molecule has 0 spiro atoms. The lowest BCUT2D eigenvalue weighted by Gasteiger charge is -2.30. The normalized spacial score (nSPS) is 18.4. The minimum absolute atomic E-state index is 0.0570. The number of para-hydroxylation sites is 1. The molecule has 8 heteroatoms. The van der Waals surface area contributed by atoms with Crippen molar-refractivity contribution in [3.8, 4) is 5.75 Å². The number of rotatable bonds is 6. The smallest absolute Gasteiger partial charge is 0.283 e. The number of anilines is 1. The molecule has 4 rings (SSSR count). The third-order valence-corrected chi connectivity index (χ3v) is 6.78. The molecule has 2 aliphatic heterocycles. The number of nitrogens with zero attached hydrogens (tertiary/aromatic N) is 3. The lowest BCUT2D eigenvalue weighted by atomic mass is 10.2. The summed E-state index contributed by atoms with van der Waals surface area (Å²) in [5.41, 5.74) is 1.90. The van der Waals surface area contributed by atoms with Crippen LogP contribution in [0.4, 0.5) is 5.69 Å². The van der Waals surface area contributed by atoms with E-state index in [-0.39, 0.29) is 17.1 Å². The van der Waals surface area contributed by atoms with E-state index in [1.165, 1.54) is 11.8 Å². The zero-order valence-electron chi connectivity index (χ0n) is 18.8. The Balaban J connectivity index is 1.63. The lowest BCUT2D eigenvalue weighted by Crippen LogP contribution is -2.45. The summed E-state index contributed by atoms with van der Waals surface area (Å²) >= 11 is 1.34. The van der Waals surface area contributed by atoms with Crippen molar-refractivity contribution in [1.82, 2.24) is 4.90 Å². The largest absolute Gasteiger partial charge is 0.497 e. The van der Waals surface area contributed by atoms with Crippen molar-refractivity contribution in [2.24, 2.45) is 4.99 Å². The average molecular weight is 466 g/mol. The van der Waals surface area contributed by atoms with E-state index in [0.717, 1.165) is 17.0 Å².